The highest BCUT2D eigenvalue weighted by atomic mass is 32.2. The van der Waals surface area contributed by atoms with Gasteiger partial charge in [0.05, 0.1) is 0 Å². The number of hydrazine groups is 1. The van der Waals surface area contributed by atoms with Crippen molar-refractivity contribution in [1.82, 2.24) is 9.97 Å². The minimum atomic E-state index is -4.54. The molecule has 108 valence electrons. The molecule has 0 radical (unpaired) electrons. The fourth-order valence-electron chi connectivity index (χ4n) is 1.32. The van der Waals surface area contributed by atoms with Crippen LogP contribution in [0, 0.1) is 0 Å². The Hall–Kier alpha value is -1.22. The fraction of sp³-hybridized carbons (Fsp3) is 0.600. The van der Waals surface area contributed by atoms with Crippen LogP contribution in [0.25, 0.3) is 0 Å². The maximum absolute atomic E-state index is 12.6. The van der Waals surface area contributed by atoms with E-state index < -0.39 is 11.9 Å². The van der Waals surface area contributed by atoms with Crippen molar-refractivity contribution in [1.29, 1.82) is 0 Å². The molecule has 19 heavy (non-hydrogen) atoms. The first-order valence-corrected chi connectivity index (χ1v) is 6.79. The molecule has 1 atom stereocenters. The molecule has 4 N–H and O–H groups in total. The number of thioether (sulfide) groups is 1. The first kappa shape index (κ1) is 15.8. The van der Waals surface area contributed by atoms with E-state index >= 15 is 0 Å². The average Bonchev–Trinajstić information content (AvgIpc) is 2.34. The molecular weight excluding hydrogens is 279 g/mol. The van der Waals surface area contributed by atoms with Crippen LogP contribution in [-0.4, -0.2) is 27.5 Å². The summed E-state index contributed by atoms with van der Waals surface area (Å²) >= 11 is 1.69. The van der Waals surface area contributed by atoms with Crippen LogP contribution in [0.3, 0.4) is 0 Å². The molecule has 1 heterocycles. The van der Waals surface area contributed by atoms with Gasteiger partial charge in [-0.15, -0.1) is 0 Å². The minimum absolute atomic E-state index is 0.00782. The smallest absolute Gasteiger partial charge is 0.367 e. The number of hydrogen-bond acceptors (Lipinski definition) is 6. The van der Waals surface area contributed by atoms with E-state index in [1.807, 2.05) is 19.3 Å². The zero-order valence-corrected chi connectivity index (χ0v) is 11.4. The number of nitrogens with one attached hydrogen (secondary N) is 2. The second-order valence-corrected chi connectivity index (χ2v) is 5.13. The van der Waals surface area contributed by atoms with E-state index in [2.05, 4.69) is 15.3 Å². The highest BCUT2D eigenvalue weighted by molar-refractivity contribution is 7.99. The Balaban J connectivity index is 2.88. The van der Waals surface area contributed by atoms with E-state index in [4.69, 9.17) is 5.84 Å². The van der Waals surface area contributed by atoms with Gasteiger partial charge in [-0.05, 0) is 12.7 Å². The number of aromatic nitrogens is 2. The summed E-state index contributed by atoms with van der Waals surface area (Å²) in [6.45, 7) is 3.88. The summed E-state index contributed by atoms with van der Waals surface area (Å²) in [7, 11) is 0. The van der Waals surface area contributed by atoms with Crippen molar-refractivity contribution in [3.63, 3.8) is 0 Å². The molecule has 0 aliphatic carbocycles. The van der Waals surface area contributed by atoms with Crippen LogP contribution in [0.2, 0.25) is 0 Å². The normalized spacial score (nSPS) is 13.2. The molecule has 0 fully saturated rings. The Labute approximate surface area is 113 Å². The van der Waals surface area contributed by atoms with Gasteiger partial charge >= 0.3 is 6.18 Å². The molecule has 0 aliphatic rings. The van der Waals surface area contributed by atoms with Gasteiger partial charge in [0.15, 0.2) is 5.69 Å². The maximum atomic E-state index is 12.6. The van der Waals surface area contributed by atoms with E-state index in [1.54, 1.807) is 11.8 Å². The third-order valence-corrected chi connectivity index (χ3v) is 3.26. The Morgan fingerprint density at radius 1 is 1.42 bits per heavy atom. The summed E-state index contributed by atoms with van der Waals surface area (Å²) in [5.41, 5.74) is 0.995. The third kappa shape index (κ3) is 5.11. The molecule has 0 amide bonds. The van der Waals surface area contributed by atoms with Gasteiger partial charge in [0.1, 0.15) is 5.82 Å². The van der Waals surface area contributed by atoms with Crippen molar-refractivity contribution in [2.75, 3.05) is 22.2 Å². The van der Waals surface area contributed by atoms with E-state index in [9.17, 15) is 13.2 Å². The van der Waals surface area contributed by atoms with E-state index in [1.165, 1.54) is 0 Å². The van der Waals surface area contributed by atoms with Crippen LogP contribution in [0.5, 0.6) is 0 Å². The first-order chi connectivity index (χ1) is 8.86. The summed E-state index contributed by atoms with van der Waals surface area (Å²) in [6, 6.07) is 0.861. The van der Waals surface area contributed by atoms with Crippen LogP contribution >= 0.6 is 11.8 Å². The van der Waals surface area contributed by atoms with Crippen molar-refractivity contribution in [2.45, 2.75) is 26.1 Å². The lowest BCUT2D eigenvalue weighted by atomic mass is 10.3. The fourth-order valence-corrected chi connectivity index (χ4v) is 1.99. The van der Waals surface area contributed by atoms with Crippen molar-refractivity contribution in [2.24, 2.45) is 5.84 Å². The Morgan fingerprint density at radius 2 is 2.11 bits per heavy atom. The molecule has 1 unspecified atom stereocenters. The van der Waals surface area contributed by atoms with Gasteiger partial charge in [-0.2, -0.15) is 29.9 Å². The van der Waals surface area contributed by atoms with Crippen LogP contribution in [0.4, 0.5) is 24.9 Å². The van der Waals surface area contributed by atoms with Crippen molar-refractivity contribution >= 4 is 23.5 Å². The number of nitrogen functional groups attached to an aromatic ring is 1. The van der Waals surface area contributed by atoms with Gasteiger partial charge in [-0.3, -0.25) is 5.43 Å². The quantitative estimate of drug-likeness (QED) is 0.552. The maximum Gasteiger partial charge on any atom is 0.433 e. The lowest BCUT2D eigenvalue weighted by Gasteiger charge is -2.15. The predicted octanol–water partition coefficient (Wildman–Crippen LogP) is 2.33. The van der Waals surface area contributed by atoms with Crippen LogP contribution in [-0.2, 0) is 6.18 Å². The monoisotopic (exact) mass is 295 g/mol. The zero-order chi connectivity index (χ0) is 14.5. The Bertz CT molecular complexity index is 413. The van der Waals surface area contributed by atoms with Crippen molar-refractivity contribution < 1.29 is 13.2 Å². The van der Waals surface area contributed by atoms with Crippen LogP contribution < -0.4 is 16.6 Å². The molecule has 1 aromatic rings. The second kappa shape index (κ2) is 6.80. The summed E-state index contributed by atoms with van der Waals surface area (Å²) in [4.78, 5) is 7.12. The highest BCUT2D eigenvalue weighted by Gasteiger charge is 2.33. The molecule has 0 aliphatic heterocycles. The summed E-state index contributed by atoms with van der Waals surface area (Å²) in [5, 5.41) is 2.90. The molecule has 9 heteroatoms. The third-order valence-electron chi connectivity index (χ3n) is 2.11. The molecule has 0 bridgehead atoms. The van der Waals surface area contributed by atoms with E-state index in [0.29, 0.717) is 0 Å². The average molecular weight is 295 g/mol. The molecule has 0 aromatic carbocycles. The van der Waals surface area contributed by atoms with Gasteiger partial charge in [0, 0.05) is 17.9 Å². The number of rotatable bonds is 6. The van der Waals surface area contributed by atoms with Crippen LogP contribution in [0.1, 0.15) is 19.5 Å². The van der Waals surface area contributed by atoms with Gasteiger partial charge in [0.25, 0.3) is 0 Å². The Kier molecular flexibility index (Phi) is 5.67. The van der Waals surface area contributed by atoms with Gasteiger partial charge in [-0.1, -0.05) is 6.92 Å². The molecule has 0 saturated carbocycles. The zero-order valence-electron chi connectivity index (χ0n) is 10.6. The second-order valence-electron chi connectivity index (χ2n) is 3.81. The number of nitrogens with two attached hydrogens (primary N) is 1. The number of alkyl halides is 3. The number of anilines is 2. The summed E-state index contributed by atoms with van der Waals surface area (Å²) in [6.07, 6.45) is -4.54. The SMILES string of the molecule is CCSCC(C)Nc1cc(C(F)(F)F)nc(NN)n1. The molecule has 0 saturated heterocycles. The lowest BCUT2D eigenvalue weighted by Crippen LogP contribution is -2.22. The van der Waals surface area contributed by atoms with Gasteiger partial charge in [-0.25, -0.2) is 10.8 Å². The molecule has 0 spiro atoms. The van der Waals surface area contributed by atoms with Gasteiger partial charge in [0.2, 0.25) is 5.95 Å². The van der Waals surface area contributed by atoms with Gasteiger partial charge < -0.3 is 5.32 Å². The Morgan fingerprint density at radius 3 is 2.63 bits per heavy atom. The molecule has 5 nitrogen and oxygen atoms in total. The largest absolute Gasteiger partial charge is 0.433 e. The number of nitrogens with zero attached hydrogens (tertiary/aromatic N) is 2. The van der Waals surface area contributed by atoms with Crippen molar-refractivity contribution in [3.8, 4) is 0 Å². The van der Waals surface area contributed by atoms with Crippen LogP contribution in [0.15, 0.2) is 6.07 Å². The lowest BCUT2D eigenvalue weighted by molar-refractivity contribution is -0.141. The minimum Gasteiger partial charge on any atom is -0.367 e. The van der Waals surface area contributed by atoms with E-state index in [-0.39, 0.29) is 17.8 Å². The highest BCUT2D eigenvalue weighted by Crippen LogP contribution is 2.29. The molecular formula is C10H16F3N5S. The standard InChI is InChI=1S/C10H16F3N5S/c1-3-19-5-6(2)15-8-4-7(10(11,12)13)16-9(17-8)18-14/h4,6H,3,5,14H2,1-2H3,(H2,15,16,17,18). The van der Waals surface area contributed by atoms with Crippen molar-refractivity contribution in [3.05, 3.63) is 11.8 Å². The predicted molar refractivity (Wildman–Crippen MR) is 70.9 cm³/mol. The molecule has 1 aromatic heterocycles. The first-order valence-electron chi connectivity index (χ1n) is 5.64. The topological polar surface area (TPSA) is 75.9 Å². The number of hydrogen-bond donors (Lipinski definition) is 3. The summed E-state index contributed by atoms with van der Waals surface area (Å²) in [5.74, 6) is 6.61. The van der Waals surface area contributed by atoms with E-state index in [0.717, 1.165) is 17.6 Å². The summed E-state index contributed by atoms with van der Waals surface area (Å²) < 4.78 is 37.9. The number of halogens is 3. The molecule has 1 rings (SSSR count).